The van der Waals surface area contributed by atoms with Crippen molar-refractivity contribution in [1.82, 2.24) is 24.8 Å². The molecule has 0 aliphatic carbocycles. The van der Waals surface area contributed by atoms with E-state index in [1.54, 1.807) is 22.9 Å². The first-order valence-corrected chi connectivity index (χ1v) is 8.13. The number of hydrogen-bond donors (Lipinski definition) is 1. The van der Waals surface area contributed by atoms with Crippen LogP contribution in [0.4, 0.5) is 10.3 Å². The number of rotatable bonds is 3. The highest BCUT2D eigenvalue weighted by atomic mass is 19.1. The second kappa shape index (κ2) is 6.56. The predicted octanol–water partition coefficient (Wildman–Crippen LogP) is 0.783. The van der Waals surface area contributed by atoms with Crippen LogP contribution in [0.2, 0.25) is 0 Å². The van der Waals surface area contributed by atoms with Crippen molar-refractivity contribution in [1.29, 1.82) is 0 Å². The molecular formula is C17H17FN6O. The summed E-state index contributed by atoms with van der Waals surface area (Å²) in [7, 11) is 0. The van der Waals surface area contributed by atoms with Gasteiger partial charge in [-0.2, -0.15) is 4.98 Å². The van der Waals surface area contributed by atoms with Crippen LogP contribution >= 0.6 is 0 Å². The topological polar surface area (TPSA) is 75.9 Å². The summed E-state index contributed by atoms with van der Waals surface area (Å²) in [5.74, 6) is 0.285. The summed E-state index contributed by atoms with van der Waals surface area (Å²) in [5, 5.41) is 3.28. The SMILES string of the molecule is O=c1cnc2cnc(N3CCNCC3)nc2n1Cc1ccc(F)cc1. The van der Waals surface area contributed by atoms with Crippen LogP contribution in [0.25, 0.3) is 11.2 Å². The molecular weight excluding hydrogens is 323 g/mol. The summed E-state index contributed by atoms with van der Waals surface area (Å²) >= 11 is 0. The lowest BCUT2D eigenvalue weighted by molar-refractivity contribution is 0.580. The summed E-state index contributed by atoms with van der Waals surface area (Å²) in [6, 6.07) is 6.08. The van der Waals surface area contributed by atoms with Gasteiger partial charge in [0.25, 0.3) is 5.56 Å². The second-order valence-electron chi connectivity index (χ2n) is 5.92. The number of anilines is 1. The van der Waals surface area contributed by atoms with E-state index in [-0.39, 0.29) is 11.4 Å². The van der Waals surface area contributed by atoms with Crippen molar-refractivity contribution in [2.45, 2.75) is 6.54 Å². The average molecular weight is 340 g/mol. The van der Waals surface area contributed by atoms with E-state index in [0.29, 0.717) is 23.7 Å². The summed E-state index contributed by atoms with van der Waals surface area (Å²) in [6.07, 6.45) is 2.90. The number of aromatic nitrogens is 4. The van der Waals surface area contributed by atoms with Crippen molar-refractivity contribution < 1.29 is 4.39 Å². The van der Waals surface area contributed by atoms with Gasteiger partial charge >= 0.3 is 0 Å². The van der Waals surface area contributed by atoms with Gasteiger partial charge in [0, 0.05) is 26.2 Å². The molecule has 8 heteroatoms. The van der Waals surface area contributed by atoms with Gasteiger partial charge in [-0.25, -0.2) is 14.4 Å². The van der Waals surface area contributed by atoms with E-state index in [1.165, 1.54) is 18.3 Å². The number of piperazine rings is 1. The molecule has 2 aromatic heterocycles. The number of benzene rings is 1. The number of nitrogens with zero attached hydrogens (tertiary/aromatic N) is 5. The van der Waals surface area contributed by atoms with Gasteiger partial charge in [-0.3, -0.25) is 9.36 Å². The Morgan fingerprint density at radius 3 is 2.60 bits per heavy atom. The molecule has 1 aliphatic heterocycles. The molecule has 1 saturated heterocycles. The Bertz CT molecular complexity index is 950. The largest absolute Gasteiger partial charge is 0.338 e. The quantitative estimate of drug-likeness (QED) is 0.759. The fourth-order valence-corrected chi connectivity index (χ4v) is 2.89. The minimum absolute atomic E-state index is 0.248. The van der Waals surface area contributed by atoms with E-state index in [4.69, 9.17) is 0 Å². The molecule has 7 nitrogen and oxygen atoms in total. The van der Waals surface area contributed by atoms with Gasteiger partial charge < -0.3 is 10.2 Å². The predicted molar refractivity (Wildman–Crippen MR) is 92.2 cm³/mol. The van der Waals surface area contributed by atoms with Crippen LogP contribution in [-0.2, 0) is 6.54 Å². The Labute approximate surface area is 143 Å². The first kappa shape index (κ1) is 15.6. The lowest BCUT2D eigenvalue weighted by Crippen LogP contribution is -2.44. The molecule has 0 atom stereocenters. The third kappa shape index (κ3) is 3.20. The molecule has 0 amide bonds. The minimum atomic E-state index is -0.306. The molecule has 3 aromatic rings. The number of nitrogens with one attached hydrogen (secondary N) is 1. The Morgan fingerprint density at radius 1 is 1.08 bits per heavy atom. The first-order chi connectivity index (χ1) is 12.2. The van der Waals surface area contributed by atoms with Gasteiger partial charge in [0.1, 0.15) is 11.3 Å². The normalized spacial score (nSPS) is 14.8. The molecule has 0 spiro atoms. The molecule has 0 bridgehead atoms. The monoisotopic (exact) mass is 340 g/mol. The third-order valence-electron chi connectivity index (χ3n) is 4.23. The Balaban J connectivity index is 1.77. The van der Waals surface area contributed by atoms with Crippen molar-refractivity contribution in [2.24, 2.45) is 0 Å². The van der Waals surface area contributed by atoms with E-state index in [0.717, 1.165) is 31.7 Å². The Kier molecular flexibility index (Phi) is 4.10. The molecule has 1 aliphatic rings. The lowest BCUT2D eigenvalue weighted by atomic mass is 10.2. The van der Waals surface area contributed by atoms with Gasteiger partial charge in [-0.1, -0.05) is 12.1 Å². The van der Waals surface area contributed by atoms with Crippen LogP contribution in [0, 0.1) is 5.82 Å². The first-order valence-electron chi connectivity index (χ1n) is 8.13. The summed E-state index contributed by atoms with van der Waals surface area (Å²) in [6.45, 7) is 3.67. The van der Waals surface area contributed by atoms with Crippen molar-refractivity contribution in [3.63, 3.8) is 0 Å². The zero-order chi connectivity index (χ0) is 17.2. The molecule has 3 heterocycles. The van der Waals surface area contributed by atoms with Crippen LogP contribution in [0.5, 0.6) is 0 Å². The maximum Gasteiger partial charge on any atom is 0.270 e. The maximum atomic E-state index is 13.1. The van der Waals surface area contributed by atoms with E-state index in [9.17, 15) is 9.18 Å². The average Bonchev–Trinajstić information content (AvgIpc) is 2.66. The van der Waals surface area contributed by atoms with Gasteiger partial charge in [-0.15, -0.1) is 0 Å². The molecule has 128 valence electrons. The number of halogens is 1. The van der Waals surface area contributed by atoms with Crippen molar-refractivity contribution in [2.75, 3.05) is 31.1 Å². The van der Waals surface area contributed by atoms with E-state index >= 15 is 0 Å². The second-order valence-corrected chi connectivity index (χ2v) is 5.92. The van der Waals surface area contributed by atoms with E-state index in [1.807, 2.05) is 0 Å². The highest BCUT2D eigenvalue weighted by molar-refractivity contribution is 5.70. The highest BCUT2D eigenvalue weighted by Gasteiger charge is 2.15. The number of fused-ring (bicyclic) bond motifs is 1. The molecule has 25 heavy (non-hydrogen) atoms. The molecule has 1 N–H and O–H groups in total. The fourth-order valence-electron chi connectivity index (χ4n) is 2.89. The van der Waals surface area contributed by atoms with Crippen molar-refractivity contribution >= 4 is 17.1 Å². The van der Waals surface area contributed by atoms with Crippen LogP contribution in [0.1, 0.15) is 5.56 Å². The van der Waals surface area contributed by atoms with Crippen molar-refractivity contribution in [3.05, 3.63) is 58.4 Å². The summed E-state index contributed by atoms with van der Waals surface area (Å²) in [4.78, 5) is 27.5. The highest BCUT2D eigenvalue weighted by Crippen LogP contribution is 2.14. The smallest absolute Gasteiger partial charge is 0.270 e. The zero-order valence-electron chi connectivity index (χ0n) is 13.5. The molecule has 0 unspecified atom stereocenters. The summed E-state index contributed by atoms with van der Waals surface area (Å²) in [5.41, 5.74) is 1.61. The molecule has 4 rings (SSSR count). The van der Waals surface area contributed by atoms with Crippen LogP contribution in [-0.4, -0.2) is 45.7 Å². The molecule has 0 radical (unpaired) electrons. The van der Waals surface area contributed by atoms with Gasteiger partial charge in [0.2, 0.25) is 5.95 Å². The Morgan fingerprint density at radius 2 is 1.84 bits per heavy atom. The fraction of sp³-hybridized carbons (Fsp3) is 0.294. The molecule has 1 aromatic carbocycles. The van der Waals surface area contributed by atoms with Crippen LogP contribution in [0.15, 0.2) is 41.5 Å². The van der Waals surface area contributed by atoms with Crippen molar-refractivity contribution in [3.8, 4) is 0 Å². The maximum absolute atomic E-state index is 13.1. The lowest BCUT2D eigenvalue weighted by Gasteiger charge is -2.27. The van der Waals surface area contributed by atoms with Crippen LogP contribution < -0.4 is 15.8 Å². The third-order valence-corrected chi connectivity index (χ3v) is 4.23. The molecule has 1 fully saturated rings. The summed E-state index contributed by atoms with van der Waals surface area (Å²) < 4.78 is 14.7. The standard InChI is InChI=1S/C17H17FN6O/c18-13-3-1-12(2-4-13)11-24-15(25)10-20-14-9-21-17(22-16(14)24)23-7-5-19-6-8-23/h1-4,9-10,19H,5-8,11H2. The molecule has 0 saturated carbocycles. The van der Waals surface area contributed by atoms with Gasteiger partial charge in [-0.05, 0) is 17.7 Å². The van der Waals surface area contributed by atoms with Crippen LogP contribution in [0.3, 0.4) is 0 Å². The Hall–Kier alpha value is -2.87. The van der Waals surface area contributed by atoms with Gasteiger partial charge in [0.05, 0.1) is 18.9 Å². The van der Waals surface area contributed by atoms with Gasteiger partial charge in [0.15, 0.2) is 5.65 Å². The van der Waals surface area contributed by atoms with E-state index in [2.05, 4.69) is 25.2 Å². The minimum Gasteiger partial charge on any atom is -0.338 e. The zero-order valence-corrected chi connectivity index (χ0v) is 13.5. The van der Waals surface area contributed by atoms with E-state index < -0.39 is 0 Å². The number of hydrogen-bond acceptors (Lipinski definition) is 6.